The average molecular weight is 319 g/mol. The predicted octanol–water partition coefficient (Wildman–Crippen LogP) is 2.37. The molecule has 0 bridgehead atoms. The van der Waals surface area contributed by atoms with Gasteiger partial charge in [0, 0.05) is 12.2 Å². The number of likely N-dealkylation sites (tertiary alicyclic amines) is 1. The first-order chi connectivity index (χ1) is 10.7. The summed E-state index contributed by atoms with van der Waals surface area (Å²) in [4.78, 5) is 35.1. The van der Waals surface area contributed by atoms with Crippen LogP contribution in [0.25, 0.3) is 0 Å². The van der Waals surface area contributed by atoms with Crippen LogP contribution in [-0.2, 0) is 9.53 Å². The number of carbonyl (C=O) groups excluding carboxylic acids is 2. The number of ether oxygens (including phenoxy) is 1. The molecule has 1 saturated heterocycles. The van der Waals surface area contributed by atoms with Crippen LogP contribution in [0.2, 0.25) is 0 Å². The molecule has 23 heavy (non-hydrogen) atoms. The predicted molar refractivity (Wildman–Crippen MR) is 85.8 cm³/mol. The number of carbonyl (C=O) groups is 2. The van der Waals surface area contributed by atoms with Crippen molar-refractivity contribution in [3.63, 3.8) is 0 Å². The molecule has 0 saturated carbocycles. The topological polar surface area (TPSA) is 72.4 Å². The van der Waals surface area contributed by atoms with Gasteiger partial charge >= 0.3 is 5.97 Å². The van der Waals surface area contributed by atoms with Crippen molar-refractivity contribution in [1.29, 1.82) is 0 Å². The third kappa shape index (κ3) is 4.27. The first-order valence-corrected chi connectivity index (χ1v) is 8.01. The van der Waals surface area contributed by atoms with Gasteiger partial charge in [-0.25, -0.2) is 14.8 Å². The van der Waals surface area contributed by atoms with Gasteiger partial charge in [0.05, 0.1) is 0 Å². The molecule has 1 aromatic rings. The molecule has 2 atom stereocenters. The summed E-state index contributed by atoms with van der Waals surface area (Å²) in [6, 6.07) is 1.08. The molecule has 1 aliphatic heterocycles. The smallest absolute Gasteiger partial charge is 0.329 e. The second-order valence-electron chi connectivity index (χ2n) is 7.14. The van der Waals surface area contributed by atoms with Crippen LogP contribution in [0.1, 0.15) is 56.7 Å². The number of aryl methyl sites for hydroxylation is 1. The van der Waals surface area contributed by atoms with Gasteiger partial charge in [-0.2, -0.15) is 0 Å². The number of aromatic nitrogens is 2. The molecule has 126 valence electrons. The van der Waals surface area contributed by atoms with E-state index in [-0.39, 0.29) is 17.8 Å². The highest BCUT2D eigenvalue weighted by molar-refractivity contribution is 5.95. The highest BCUT2D eigenvalue weighted by Gasteiger charge is 2.40. The summed E-state index contributed by atoms with van der Waals surface area (Å²) in [6.45, 7) is 9.83. The summed E-state index contributed by atoms with van der Waals surface area (Å²) in [5.74, 6) is -0.521. The number of rotatable bonds is 2. The summed E-state index contributed by atoms with van der Waals surface area (Å²) >= 11 is 0. The van der Waals surface area contributed by atoms with Crippen molar-refractivity contribution in [2.24, 2.45) is 5.92 Å². The van der Waals surface area contributed by atoms with Crippen molar-refractivity contribution in [3.8, 4) is 0 Å². The molecule has 1 aromatic heterocycles. The molecule has 2 rings (SSSR count). The van der Waals surface area contributed by atoms with Gasteiger partial charge in [-0.05, 0) is 52.5 Å². The minimum absolute atomic E-state index is 0.0606. The lowest BCUT2D eigenvalue weighted by atomic mass is 9.90. The van der Waals surface area contributed by atoms with Crippen molar-refractivity contribution in [2.75, 3.05) is 6.54 Å². The Hall–Kier alpha value is -1.98. The number of piperidine rings is 1. The highest BCUT2D eigenvalue weighted by Crippen LogP contribution is 2.27. The maximum atomic E-state index is 12.8. The minimum atomic E-state index is -0.575. The van der Waals surface area contributed by atoms with Crippen molar-refractivity contribution in [3.05, 3.63) is 23.8 Å². The van der Waals surface area contributed by atoms with Crippen LogP contribution in [0.5, 0.6) is 0 Å². The molecular weight excluding hydrogens is 294 g/mol. The van der Waals surface area contributed by atoms with Crippen LogP contribution < -0.4 is 0 Å². The Labute approximate surface area is 137 Å². The van der Waals surface area contributed by atoms with Crippen LogP contribution >= 0.6 is 0 Å². The Kier molecular flexibility index (Phi) is 5.02. The second-order valence-corrected chi connectivity index (χ2v) is 7.14. The molecule has 2 heterocycles. The minimum Gasteiger partial charge on any atom is -0.458 e. The molecule has 0 aliphatic carbocycles. The van der Waals surface area contributed by atoms with E-state index >= 15 is 0 Å². The normalized spacial score (nSPS) is 21.9. The van der Waals surface area contributed by atoms with E-state index < -0.39 is 11.6 Å². The van der Waals surface area contributed by atoms with Gasteiger partial charge in [-0.1, -0.05) is 6.92 Å². The van der Waals surface area contributed by atoms with Crippen molar-refractivity contribution in [1.82, 2.24) is 14.9 Å². The lowest BCUT2D eigenvalue weighted by Gasteiger charge is -2.39. The number of hydrogen-bond acceptors (Lipinski definition) is 5. The molecule has 6 nitrogen and oxygen atoms in total. The van der Waals surface area contributed by atoms with E-state index in [1.807, 2.05) is 34.6 Å². The largest absolute Gasteiger partial charge is 0.458 e. The average Bonchev–Trinajstić information content (AvgIpc) is 2.44. The molecule has 1 aliphatic rings. The van der Waals surface area contributed by atoms with Gasteiger partial charge < -0.3 is 9.64 Å². The summed E-state index contributed by atoms with van der Waals surface area (Å²) in [5.41, 5.74) is 0.469. The Morgan fingerprint density at radius 2 is 2.00 bits per heavy atom. The fourth-order valence-electron chi connectivity index (χ4n) is 2.86. The van der Waals surface area contributed by atoms with Gasteiger partial charge in [-0.15, -0.1) is 0 Å². The second kappa shape index (κ2) is 6.64. The zero-order chi connectivity index (χ0) is 17.2. The molecule has 0 spiro atoms. The molecule has 0 aromatic carbocycles. The van der Waals surface area contributed by atoms with Crippen LogP contribution in [0.4, 0.5) is 0 Å². The summed E-state index contributed by atoms with van der Waals surface area (Å²) in [7, 11) is 0. The third-order valence-electron chi connectivity index (χ3n) is 3.87. The lowest BCUT2D eigenvalue weighted by Crippen LogP contribution is -2.53. The van der Waals surface area contributed by atoms with Crippen LogP contribution in [-0.4, -0.2) is 44.9 Å². The van der Waals surface area contributed by atoms with Crippen molar-refractivity contribution < 1.29 is 14.3 Å². The Morgan fingerprint density at radius 1 is 1.30 bits per heavy atom. The van der Waals surface area contributed by atoms with E-state index in [0.717, 1.165) is 18.5 Å². The van der Waals surface area contributed by atoms with Crippen LogP contribution in [0.3, 0.4) is 0 Å². The van der Waals surface area contributed by atoms with Crippen LogP contribution in [0, 0.1) is 12.8 Å². The van der Waals surface area contributed by atoms with Gasteiger partial charge in [-0.3, -0.25) is 4.79 Å². The monoisotopic (exact) mass is 319 g/mol. The summed E-state index contributed by atoms with van der Waals surface area (Å²) in [5, 5.41) is 0. The van der Waals surface area contributed by atoms with Crippen molar-refractivity contribution >= 4 is 11.9 Å². The van der Waals surface area contributed by atoms with Gasteiger partial charge in [0.15, 0.2) is 0 Å². The SMILES string of the molecule is Cc1cc(C(=O)N2CCCC(C)C2C(=O)OC(C)(C)C)ncn1. The third-order valence-corrected chi connectivity index (χ3v) is 3.87. The molecule has 1 amide bonds. The summed E-state index contributed by atoms with van der Waals surface area (Å²) < 4.78 is 5.52. The number of nitrogens with zero attached hydrogens (tertiary/aromatic N) is 3. The summed E-state index contributed by atoms with van der Waals surface area (Å²) in [6.07, 6.45) is 3.14. The quantitative estimate of drug-likeness (QED) is 0.783. The molecule has 2 unspecified atom stereocenters. The Bertz CT molecular complexity index is 595. The molecule has 1 fully saturated rings. The number of hydrogen-bond donors (Lipinski definition) is 0. The maximum Gasteiger partial charge on any atom is 0.329 e. The van der Waals surface area contributed by atoms with E-state index in [1.165, 1.54) is 6.33 Å². The Morgan fingerprint density at radius 3 is 2.61 bits per heavy atom. The molecule has 0 radical (unpaired) electrons. The first-order valence-electron chi connectivity index (χ1n) is 8.01. The number of amides is 1. The van der Waals surface area contributed by atoms with Gasteiger partial charge in [0.25, 0.3) is 5.91 Å². The zero-order valence-corrected chi connectivity index (χ0v) is 14.5. The zero-order valence-electron chi connectivity index (χ0n) is 14.5. The molecule has 0 N–H and O–H groups in total. The van der Waals surface area contributed by atoms with Crippen molar-refractivity contribution in [2.45, 2.75) is 59.1 Å². The van der Waals surface area contributed by atoms with E-state index in [0.29, 0.717) is 12.2 Å². The van der Waals surface area contributed by atoms with Gasteiger partial charge in [0.1, 0.15) is 23.7 Å². The maximum absolute atomic E-state index is 12.8. The van der Waals surface area contributed by atoms with E-state index in [1.54, 1.807) is 11.0 Å². The van der Waals surface area contributed by atoms with E-state index in [4.69, 9.17) is 4.74 Å². The standard InChI is InChI=1S/C17H25N3O3/c1-11-7-6-8-20(14(11)16(22)23-17(3,4)5)15(21)13-9-12(2)18-10-19-13/h9-11,14H,6-8H2,1-5H3. The molecular formula is C17H25N3O3. The Balaban J connectivity index is 2.26. The fraction of sp³-hybridized carbons (Fsp3) is 0.647. The highest BCUT2D eigenvalue weighted by atomic mass is 16.6. The fourth-order valence-corrected chi connectivity index (χ4v) is 2.86. The molecule has 6 heteroatoms. The first kappa shape index (κ1) is 17.4. The van der Waals surface area contributed by atoms with E-state index in [9.17, 15) is 9.59 Å². The van der Waals surface area contributed by atoms with Crippen LogP contribution in [0.15, 0.2) is 12.4 Å². The number of esters is 1. The lowest BCUT2D eigenvalue weighted by molar-refractivity contribution is -0.163. The van der Waals surface area contributed by atoms with Gasteiger partial charge in [0.2, 0.25) is 0 Å². The van der Waals surface area contributed by atoms with E-state index in [2.05, 4.69) is 9.97 Å².